The molecule has 0 atom stereocenters. The van der Waals surface area contributed by atoms with Crippen molar-refractivity contribution in [3.05, 3.63) is 130 Å². The number of allylic oxidation sites excluding steroid dienone is 10. The molecule has 0 unspecified atom stereocenters. The summed E-state index contributed by atoms with van der Waals surface area (Å²) in [5.41, 5.74) is 5.35. The number of halogens is 2. The lowest BCUT2D eigenvalue weighted by atomic mass is 10.0. The third-order valence-corrected chi connectivity index (χ3v) is 5.47. The predicted octanol–water partition coefficient (Wildman–Crippen LogP) is 7.10. The molecule has 0 amide bonds. The van der Waals surface area contributed by atoms with Crippen LogP contribution in [0, 0.1) is 0 Å². The molecule has 2 nitrogen and oxygen atoms in total. The van der Waals surface area contributed by atoms with E-state index in [0.29, 0.717) is 10.0 Å². The standard InChI is InChI=1S/C27H22Cl2NO/c1-30(2)25-14-3-19(4-15-25)5-16-26-17-22(20-6-10-23(28)11-7-20)18-27(31-26)21-8-12-24(29)13-9-21/h3-18H,1-2H3/q+1. The highest BCUT2D eigenvalue weighted by molar-refractivity contribution is 6.30. The van der Waals surface area contributed by atoms with Gasteiger partial charge in [0.05, 0.1) is 0 Å². The summed E-state index contributed by atoms with van der Waals surface area (Å²) in [5, 5.41) is 1.41. The van der Waals surface area contributed by atoms with Crippen LogP contribution in [-0.4, -0.2) is 24.4 Å². The fourth-order valence-electron chi connectivity index (χ4n) is 3.23. The van der Waals surface area contributed by atoms with Gasteiger partial charge in [-0.1, -0.05) is 41.4 Å². The van der Waals surface area contributed by atoms with Gasteiger partial charge in [-0.3, -0.25) is 0 Å². The molecule has 1 aliphatic carbocycles. The Bertz CT molecular complexity index is 1180. The van der Waals surface area contributed by atoms with E-state index in [9.17, 15) is 0 Å². The van der Waals surface area contributed by atoms with E-state index < -0.39 is 0 Å². The third-order valence-electron chi connectivity index (χ3n) is 4.97. The molecule has 31 heavy (non-hydrogen) atoms. The lowest BCUT2D eigenvalue weighted by Gasteiger charge is -2.18. The molecule has 0 radical (unpaired) electrons. The molecule has 0 spiro atoms. The van der Waals surface area contributed by atoms with Crippen LogP contribution in [-0.2, 0) is 4.74 Å². The van der Waals surface area contributed by atoms with Crippen molar-refractivity contribution in [1.29, 1.82) is 0 Å². The van der Waals surface area contributed by atoms with Crippen LogP contribution >= 0.6 is 23.2 Å². The molecule has 4 rings (SSSR count). The SMILES string of the molecule is C[N+](C)=C1C=CC(=CC=C2C=C(c3ccc(Cl)cc3)C=C(c3ccc(Cl)cc3)O2)C=C1. The molecule has 2 aromatic rings. The van der Waals surface area contributed by atoms with Crippen LogP contribution < -0.4 is 0 Å². The molecule has 0 aromatic heterocycles. The van der Waals surface area contributed by atoms with E-state index >= 15 is 0 Å². The first-order valence-electron chi connectivity index (χ1n) is 9.93. The Balaban J connectivity index is 1.69. The molecule has 0 bridgehead atoms. The van der Waals surface area contributed by atoms with Gasteiger partial charge in [0.25, 0.3) is 0 Å². The molecule has 0 N–H and O–H groups in total. The molecule has 4 heteroatoms. The lowest BCUT2D eigenvalue weighted by molar-refractivity contribution is -0.462. The highest BCUT2D eigenvalue weighted by Gasteiger charge is 2.14. The van der Waals surface area contributed by atoms with Crippen LogP contribution in [0.25, 0.3) is 11.3 Å². The molecule has 0 saturated carbocycles. The highest BCUT2D eigenvalue weighted by atomic mass is 35.5. The summed E-state index contributed by atoms with van der Waals surface area (Å²) in [6.45, 7) is 0. The van der Waals surface area contributed by atoms with Crippen LogP contribution in [0.2, 0.25) is 10.0 Å². The van der Waals surface area contributed by atoms with E-state index in [1.165, 1.54) is 0 Å². The van der Waals surface area contributed by atoms with Gasteiger partial charge in [-0.15, -0.1) is 0 Å². The monoisotopic (exact) mass is 446 g/mol. The van der Waals surface area contributed by atoms with Gasteiger partial charge >= 0.3 is 0 Å². The van der Waals surface area contributed by atoms with Crippen LogP contribution in [0.15, 0.2) is 108 Å². The van der Waals surface area contributed by atoms with E-state index in [0.717, 1.165) is 39.5 Å². The van der Waals surface area contributed by atoms with E-state index in [1.807, 2.05) is 80.9 Å². The summed E-state index contributed by atoms with van der Waals surface area (Å²) < 4.78 is 8.29. The number of nitrogens with zero attached hydrogens (tertiary/aromatic N) is 1. The Kier molecular flexibility index (Phi) is 6.41. The second-order valence-corrected chi connectivity index (χ2v) is 8.32. The van der Waals surface area contributed by atoms with Crippen LogP contribution in [0.4, 0.5) is 0 Å². The zero-order chi connectivity index (χ0) is 21.8. The summed E-state index contributed by atoms with van der Waals surface area (Å²) in [4.78, 5) is 0. The van der Waals surface area contributed by atoms with Gasteiger partial charge in [-0.05, 0) is 83.5 Å². The van der Waals surface area contributed by atoms with Crippen molar-refractivity contribution in [3.63, 3.8) is 0 Å². The summed E-state index contributed by atoms with van der Waals surface area (Å²) in [6, 6.07) is 15.5. The van der Waals surface area contributed by atoms with Gasteiger partial charge in [-0.25, -0.2) is 4.58 Å². The Hall–Kier alpha value is -3.07. The van der Waals surface area contributed by atoms with Crippen molar-refractivity contribution in [3.8, 4) is 0 Å². The molecular weight excluding hydrogens is 425 g/mol. The predicted molar refractivity (Wildman–Crippen MR) is 132 cm³/mol. The Labute approximate surface area is 193 Å². The number of ether oxygens (including phenoxy) is 1. The minimum atomic E-state index is 0.693. The Morgan fingerprint density at radius 2 is 1.29 bits per heavy atom. The zero-order valence-electron chi connectivity index (χ0n) is 17.3. The van der Waals surface area contributed by atoms with Gasteiger partial charge in [0, 0.05) is 27.8 Å². The van der Waals surface area contributed by atoms with Crippen molar-refractivity contribution in [2.45, 2.75) is 0 Å². The van der Waals surface area contributed by atoms with Crippen LogP contribution in [0.3, 0.4) is 0 Å². The first kappa shape index (κ1) is 21.2. The van der Waals surface area contributed by atoms with Crippen molar-refractivity contribution in [2.75, 3.05) is 14.1 Å². The van der Waals surface area contributed by atoms with Crippen molar-refractivity contribution >= 4 is 40.2 Å². The molecule has 2 aliphatic rings. The second kappa shape index (κ2) is 9.38. The molecule has 154 valence electrons. The molecule has 2 aromatic carbocycles. The average Bonchev–Trinajstić information content (AvgIpc) is 2.79. The normalized spacial score (nSPS) is 16.7. The number of hydrogen-bond acceptors (Lipinski definition) is 1. The van der Waals surface area contributed by atoms with Crippen molar-refractivity contribution in [2.24, 2.45) is 0 Å². The van der Waals surface area contributed by atoms with Crippen molar-refractivity contribution < 1.29 is 9.31 Å². The first-order valence-corrected chi connectivity index (χ1v) is 10.7. The van der Waals surface area contributed by atoms with Gasteiger partial charge in [0.1, 0.15) is 25.6 Å². The molecule has 0 saturated heterocycles. The Morgan fingerprint density at radius 3 is 1.87 bits per heavy atom. The highest BCUT2D eigenvalue weighted by Crippen LogP contribution is 2.32. The maximum absolute atomic E-state index is 6.21. The van der Waals surface area contributed by atoms with E-state index in [1.54, 1.807) is 0 Å². The van der Waals surface area contributed by atoms with Gasteiger partial charge in [0.15, 0.2) is 5.71 Å². The summed E-state index contributed by atoms with van der Waals surface area (Å²) in [6.07, 6.45) is 16.5. The number of benzene rings is 2. The molecule has 0 fully saturated rings. The minimum absolute atomic E-state index is 0.693. The number of rotatable bonds is 3. The van der Waals surface area contributed by atoms with E-state index in [-0.39, 0.29) is 0 Å². The van der Waals surface area contributed by atoms with Crippen LogP contribution in [0.1, 0.15) is 11.1 Å². The van der Waals surface area contributed by atoms with Gasteiger partial charge < -0.3 is 4.74 Å². The van der Waals surface area contributed by atoms with Gasteiger partial charge in [-0.2, -0.15) is 0 Å². The first-order chi connectivity index (χ1) is 15.0. The van der Waals surface area contributed by atoms with Crippen LogP contribution in [0.5, 0.6) is 0 Å². The maximum Gasteiger partial charge on any atom is 0.199 e. The lowest BCUT2D eigenvalue weighted by Crippen LogP contribution is -2.09. The molecule has 1 aliphatic heterocycles. The third kappa shape index (κ3) is 5.35. The fourth-order valence-corrected chi connectivity index (χ4v) is 3.48. The van der Waals surface area contributed by atoms with Crippen molar-refractivity contribution in [1.82, 2.24) is 0 Å². The number of hydrogen-bond donors (Lipinski definition) is 0. The minimum Gasteiger partial charge on any atom is -0.457 e. The van der Waals surface area contributed by atoms with E-state index in [4.69, 9.17) is 27.9 Å². The Morgan fingerprint density at radius 1 is 0.710 bits per heavy atom. The van der Waals surface area contributed by atoms with E-state index in [2.05, 4.69) is 35.0 Å². The average molecular weight is 447 g/mol. The smallest absolute Gasteiger partial charge is 0.199 e. The summed E-state index contributed by atoms with van der Waals surface area (Å²) in [7, 11) is 4.06. The zero-order valence-corrected chi connectivity index (χ0v) is 18.9. The summed E-state index contributed by atoms with van der Waals surface area (Å²) >= 11 is 12.1. The molecule has 1 heterocycles. The quantitative estimate of drug-likeness (QED) is 0.457. The topological polar surface area (TPSA) is 12.2 Å². The fraction of sp³-hybridized carbons (Fsp3) is 0.0741. The second-order valence-electron chi connectivity index (χ2n) is 7.45. The largest absolute Gasteiger partial charge is 0.457 e. The summed E-state index contributed by atoms with van der Waals surface area (Å²) in [5.74, 6) is 1.53. The maximum atomic E-state index is 6.21. The van der Waals surface area contributed by atoms with Gasteiger partial charge in [0.2, 0.25) is 0 Å². The molecular formula is C27H22Cl2NO+.